The van der Waals surface area contributed by atoms with Crippen molar-refractivity contribution in [3.63, 3.8) is 0 Å². The van der Waals surface area contributed by atoms with Gasteiger partial charge in [0.05, 0.1) is 14.2 Å². The number of hydrogen-bond acceptors (Lipinski definition) is 4. The molecule has 0 radical (unpaired) electrons. The van der Waals surface area contributed by atoms with Crippen LogP contribution in [0.2, 0.25) is 0 Å². The summed E-state index contributed by atoms with van der Waals surface area (Å²) in [5, 5.41) is 0. The van der Waals surface area contributed by atoms with Crippen molar-refractivity contribution in [2.75, 3.05) is 33.9 Å². The van der Waals surface area contributed by atoms with Gasteiger partial charge in [0.15, 0.2) is 0 Å². The molecule has 1 atom stereocenters. The molecule has 0 bridgehead atoms. The molecule has 1 aliphatic rings. The highest BCUT2D eigenvalue weighted by Gasteiger charge is 2.32. The summed E-state index contributed by atoms with van der Waals surface area (Å²) in [6.45, 7) is 6.08. The van der Waals surface area contributed by atoms with Crippen molar-refractivity contribution >= 4 is 12.4 Å². The van der Waals surface area contributed by atoms with Gasteiger partial charge in [-0.3, -0.25) is 4.90 Å². The first-order chi connectivity index (χ1) is 9.10. The van der Waals surface area contributed by atoms with E-state index in [0.29, 0.717) is 0 Å². The summed E-state index contributed by atoms with van der Waals surface area (Å²) in [7, 11) is 3.37. The van der Waals surface area contributed by atoms with Gasteiger partial charge in [-0.25, -0.2) is 0 Å². The molecule has 20 heavy (non-hydrogen) atoms. The van der Waals surface area contributed by atoms with E-state index >= 15 is 0 Å². The lowest BCUT2D eigenvalue weighted by Gasteiger charge is -2.23. The molecule has 0 aromatic heterocycles. The largest absolute Gasteiger partial charge is 0.497 e. The number of rotatable bonds is 5. The van der Waals surface area contributed by atoms with E-state index in [0.717, 1.165) is 37.7 Å². The molecule has 1 saturated heterocycles. The number of nitrogens with two attached hydrogens (primary N) is 1. The lowest BCUT2D eigenvalue weighted by molar-refractivity contribution is 0.270. The van der Waals surface area contributed by atoms with Gasteiger partial charge in [0.25, 0.3) is 0 Å². The van der Waals surface area contributed by atoms with E-state index in [-0.39, 0.29) is 17.8 Å². The van der Waals surface area contributed by atoms with E-state index in [9.17, 15) is 0 Å². The first-order valence-corrected chi connectivity index (χ1v) is 6.73. The van der Waals surface area contributed by atoms with E-state index < -0.39 is 0 Å². The minimum atomic E-state index is 0. The van der Waals surface area contributed by atoms with Crippen molar-refractivity contribution < 1.29 is 9.47 Å². The highest BCUT2D eigenvalue weighted by Crippen LogP contribution is 2.32. The Bertz CT molecular complexity index is 442. The number of benzene rings is 1. The summed E-state index contributed by atoms with van der Waals surface area (Å²) in [5.74, 6) is 1.72. The SMILES string of the molecule is COc1ccc(CN2CCC(C)(CN)C2)c(OC)c1.Cl. The van der Waals surface area contributed by atoms with E-state index in [1.165, 1.54) is 12.0 Å². The average molecular weight is 301 g/mol. The lowest BCUT2D eigenvalue weighted by atomic mass is 9.90. The number of halogens is 1. The zero-order valence-corrected chi connectivity index (χ0v) is 13.3. The van der Waals surface area contributed by atoms with Gasteiger partial charge in [0.1, 0.15) is 11.5 Å². The van der Waals surface area contributed by atoms with Crippen LogP contribution in [0.3, 0.4) is 0 Å². The number of likely N-dealkylation sites (tertiary alicyclic amines) is 1. The van der Waals surface area contributed by atoms with Crippen LogP contribution in [-0.2, 0) is 6.54 Å². The number of methoxy groups -OCH3 is 2. The van der Waals surface area contributed by atoms with Crippen molar-refractivity contribution in [2.24, 2.45) is 11.1 Å². The molecule has 2 N–H and O–H groups in total. The standard InChI is InChI=1S/C15H24N2O2.ClH/c1-15(10-16)6-7-17(11-15)9-12-4-5-13(18-2)8-14(12)19-3;/h4-5,8H,6-7,9-11,16H2,1-3H3;1H. The van der Waals surface area contributed by atoms with Gasteiger partial charge >= 0.3 is 0 Å². The third-order valence-electron chi connectivity index (χ3n) is 4.02. The smallest absolute Gasteiger partial charge is 0.127 e. The van der Waals surface area contributed by atoms with Crippen molar-refractivity contribution in [1.29, 1.82) is 0 Å². The number of nitrogens with zero attached hydrogens (tertiary/aromatic N) is 1. The predicted octanol–water partition coefficient (Wildman–Crippen LogP) is 2.30. The highest BCUT2D eigenvalue weighted by molar-refractivity contribution is 5.85. The third-order valence-corrected chi connectivity index (χ3v) is 4.02. The predicted molar refractivity (Wildman–Crippen MR) is 83.8 cm³/mol. The Morgan fingerprint density at radius 3 is 2.60 bits per heavy atom. The second-order valence-electron chi connectivity index (χ2n) is 5.65. The van der Waals surface area contributed by atoms with Crippen molar-refractivity contribution in [1.82, 2.24) is 4.90 Å². The van der Waals surface area contributed by atoms with E-state index in [2.05, 4.69) is 17.9 Å². The minimum absolute atomic E-state index is 0. The molecule has 1 heterocycles. The quantitative estimate of drug-likeness (QED) is 0.906. The Morgan fingerprint density at radius 2 is 2.05 bits per heavy atom. The van der Waals surface area contributed by atoms with Crippen LogP contribution in [0.1, 0.15) is 18.9 Å². The summed E-state index contributed by atoms with van der Waals surface area (Å²) >= 11 is 0. The van der Waals surface area contributed by atoms with Crippen LogP contribution >= 0.6 is 12.4 Å². The van der Waals surface area contributed by atoms with Crippen molar-refractivity contribution in [2.45, 2.75) is 19.9 Å². The van der Waals surface area contributed by atoms with Crippen LogP contribution in [0, 0.1) is 5.41 Å². The van der Waals surface area contributed by atoms with Gasteiger partial charge < -0.3 is 15.2 Å². The maximum absolute atomic E-state index is 5.85. The molecule has 1 unspecified atom stereocenters. The summed E-state index contributed by atoms with van der Waals surface area (Å²) < 4.78 is 10.7. The molecule has 0 aliphatic carbocycles. The summed E-state index contributed by atoms with van der Waals surface area (Å²) in [6, 6.07) is 6.00. The van der Waals surface area contributed by atoms with E-state index in [4.69, 9.17) is 15.2 Å². The molecular formula is C15H25ClN2O2. The minimum Gasteiger partial charge on any atom is -0.497 e. The van der Waals surface area contributed by atoms with Crippen molar-refractivity contribution in [3.8, 4) is 11.5 Å². The monoisotopic (exact) mass is 300 g/mol. The summed E-state index contributed by atoms with van der Waals surface area (Å²) in [5.41, 5.74) is 7.31. The van der Waals surface area contributed by atoms with E-state index in [1.807, 2.05) is 12.1 Å². The Balaban J connectivity index is 0.00000200. The zero-order valence-electron chi connectivity index (χ0n) is 12.5. The fourth-order valence-corrected chi connectivity index (χ4v) is 2.65. The first kappa shape index (κ1) is 17.1. The van der Waals surface area contributed by atoms with Gasteiger partial charge in [-0.2, -0.15) is 0 Å². The Morgan fingerprint density at radius 1 is 1.30 bits per heavy atom. The van der Waals surface area contributed by atoms with Gasteiger partial charge in [0, 0.05) is 24.7 Å². The molecule has 1 aromatic rings. The average Bonchev–Trinajstić information content (AvgIpc) is 2.81. The van der Waals surface area contributed by atoms with Gasteiger partial charge in [-0.1, -0.05) is 13.0 Å². The van der Waals surface area contributed by atoms with Gasteiger partial charge in [-0.15, -0.1) is 12.4 Å². The molecule has 1 fully saturated rings. The summed E-state index contributed by atoms with van der Waals surface area (Å²) in [4.78, 5) is 2.44. The topological polar surface area (TPSA) is 47.7 Å². The van der Waals surface area contributed by atoms with Crippen LogP contribution in [0.4, 0.5) is 0 Å². The molecule has 0 spiro atoms. The maximum Gasteiger partial charge on any atom is 0.127 e. The molecule has 114 valence electrons. The van der Waals surface area contributed by atoms with Crippen LogP contribution < -0.4 is 15.2 Å². The molecule has 0 saturated carbocycles. The van der Waals surface area contributed by atoms with Crippen LogP contribution in [-0.4, -0.2) is 38.8 Å². The fourth-order valence-electron chi connectivity index (χ4n) is 2.65. The Labute approximate surface area is 127 Å². The molecule has 0 amide bonds. The van der Waals surface area contributed by atoms with Crippen LogP contribution in [0.25, 0.3) is 0 Å². The van der Waals surface area contributed by atoms with Crippen LogP contribution in [0.15, 0.2) is 18.2 Å². The normalized spacial score (nSPS) is 22.4. The molecule has 4 nitrogen and oxygen atoms in total. The van der Waals surface area contributed by atoms with E-state index in [1.54, 1.807) is 14.2 Å². The molecule has 1 aromatic carbocycles. The zero-order chi connectivity index (χ0) is 13.9. The second kappa shape index (κ2) is 7.16. The Hall–Kier alpha value is -0.970. The molecule has 5 heteroatoms. The van der Waals surface area contributed by atoms with Crippen LogP contribution in [0.5, 0.6) is 11.5 Å². The van der Waals surface area contributed by atoms with Crippen molar-refractivity contribution in [3.05, 3.63) is 23.8 Å². The fraction of sp³-hybridized carbons (Fsp3) is 0.600. The van der Waals surface area contributed by atoms with Gasteiger partial charge in [0.2, 0.25) is 0 Å². The molecular weight excluding hydrogens is 276 g/mol. The lowest BCUT2D eigenvalue weighted by Crippen LogP contribution is -2.31. The molecule has 1 aliphatic heterocycles. The number of hydrogen-bond donors (Lipinski definition) is 1. The first-order valence-electron chi connectivity index (χ1n) is 6.73. The highest BCUT2D eigenvalue weighted by atomic mass is 35.5. The molecule has 2 rings (SSSR count). The summed E-state index contributed by atoms with van der Waals surface area (Å²) in [6.07, 6.45) is 1.17. The number of ether oxygens (including phenoxy) is 2. The third kappa shape index (κ3) is 3.78. The second-order valence-corrected chi connectivity index (χ2v) is 5.65. The van der Waals surface area contributed by atoms with Gasteiger partial charge in [-0.05, 0) is 31.0 Å². The Kier molecular flexibility index (Phi) is 6.11. The maximum atomic E-state index is 5.85.